The Balaban J connectivity index is 1.34. The number of aryl methyl sites for hydroxylation is 1. The van der Waals surface area contributed by atoms with E-state index in [1.165, 1.54) is 10.4 Å². The largest absolute Gasteiger partial charge is 0.317 e. The highest BCUT2D eigenvalue weighted by molar-refractivity contribution is 7.91. The number of anilines is 1. The third-order valence-electron chi connectivity index (χ3n) is 6.47. The van der Waals surface area contributed by atoms with Crippen LogP contribution in [-0.4, -0.2) is 25.1 Å². The Morgan fingerprint density at radius 3 is 2.66 bits per heavy atom. The summed E-state index contributed by atoms with van der Waals surface area (Å²) in [6.07, 6.45) is 3.57. The molecule has 2 aromatic carbocycles. The highest BCUT2D eigenvalue weighted by Gasteiger charge is 2.27. The molecule has 1 aliphatic rings. The molecule has 5 nitrogen and oxygen atoms in total. The maximum Gasteiger partial charge on any atom is 0.225 e. The normalized spacial score (nSPS) is 15.8. The van der Waals surface area contributed by atoms with E-state index in [0.717, 1.165) is 50.6 Å². The molecule has 5 rings (SSSR count). The van der Waals surface area contributed by atoms with Gasteiger partial charge >= 0.3 is 0 Å². The van der Waals surface area contributed by atoms with Gasteiger partial charge in [0, 0.05) is 16.9 Å². The lowest BCUT2D eigenvalue weighted by molar-refractivity contribution is -0.116. The molecule has 0 saturated heterocycles. The Morgan fingerprint density at radius 1 is 1.11 bits per heavy atom. The summed E-state index contributed by atoms with van der Waals surface area (Å²) in [5.41, 5.74) is 4.35. The molecule has 1 atom stereocenters. The van der Waals surface area contributed by atoms with E-state index in [9.17, 15) is 13.2 Å². The van der Waals surface area contributed by atoms with E-state index in [1.54, 1.807) is 46.9 Å². The molecule has 0 spiro atoms. The SMILES string of the molecule is Cc1ccc(S(=O)(=O)CCCC(=O)Nc2sc3c(c2-c2nc4ccccc4s2)CCC(C)C3)cc1. The van der Waals surface area contributed by atoms with E-state index >= 15 is 0 Å². The second-order valence-electron chi connectivity index (χ2n) is 9.33. The molecule has 0 radical (unpaired) electrons. The van der Waals surface area contributed by atoms with E-state index in [2.05, 4.69) is 18.3 Å². The Labute approximate surface area is 214 Å². The van der Waals surface area contributed by atoms with Crippen LogP contribution in [0.3, 0.4) is 0 Å². The Hall–Kier alpha value is -2.55. The monoisotopic (exact) mass is 524 g/mol. The molecule has 0 fully saturated rings. The van der Waals surface area contributed by atoms with Crippen molar-refractivity contribution < 1.29 is 13.2 Å². The fourth-order valence-corrected chi connectivity index (χ4v) is 8.37. The van der Waals surface area contributed by atoms with Gasteiger partial charge in [0.2, 0.25) is 5.91 Å². The molecule has 4 aromatic rings. The molecule has 0 bridgehead atoms. The van der Waals surface area contributed by atoms with Crippen LogP contribution in [0.5, 0.6) is 0 Å². The highest BCUT2D eigenvalue weighted by Crippen LogP contribution is 2.47. The minimum atomic E-state index is -3.41. The number of thiazole rings is 1. The van der Waals surface area contributed by atoms with E-state index in [1.807, 2.05) is 25.1 Å². The van der Waals surface area contributed by atoms with Crippen LogP contribution in [-0.2, 0) is 27.5 Å². The molecule has 1 aliphatic carbocycles. The Bertz CT molecular complexity index is 1450. The molecule has 182 valence electrons. The number of amides is 1. The molecule has 0 saturated carbocycles. The Kier molecular flexibility index (Phi) is 6.79. The third kappa shape index (κ3) is 5.20. The number of benzene rings is 2. The number of fused-ring (bicyclic) bond motifs is 2. The molecule has 35 heavy (non-hydrogen) atoms. The second-order valence-corrected chi connectivity index (χ2v) is 13.6. The van der Waals surface area contributed by atoms with Gasteiger partial charge in [-0.05, 0) is 68.4 Å². The van der Waals surface area contributed by atoms with Crippen LogP contribution in [0, 0.1) is 12.8 Å². The van der Waals surface area contributed by atoms with Crippen LogP contribution in [0.1, 0.15) is 42.2 Å². The predicted molar refractivity (Wildman–Crippen MR) is 145 cm³/mol. The van der Waals surface area contributed by atoms with Crippen molar-refractivity contribution in [2.24, 2.45) is 5.92 Å². The van der Waals surface area contributed by atoms with Crippen molar-refractivity contribution in [3.63, 3.8) is 0 Å². The van der Waals surface area contributed by atoms with Crippen LogP contribution < -0.4 is 5.32 Å². The van der Waals surface area contributed by atoms with E-state index < -0.39 is 9.84 Å². The quantitative estimate of drug-likeness (QED) is 0.294. The van der Waals surface area contributed by atoms with Gasteiger partial charge in [0.25, 0.3) is 0 Å². The summed E-state index contributed by atoms with van der Waals surface area (Å²) in [4.78, 5) is 19.4. The lowest BCUT2D eigenvalue weighted by atomic mass is 9.88. The number of para-hydroxylation sites is 1. The van der Waals surface area contributed by atoms with Crippen LogP contribution in [0.25, 0.3) is 20.8 Å². The fourth-order valence-electron chi connectivity index (χ4n) is 4.52. The number of hydrogen-bond acceptors (Lipinski definition) is 6. The van der Waals surface area contributed by atoms with Gasteiger partial charge in [-0.25, -0.2) is 13.4 Å². The summed E-state index contributed by atoms with van der Waals surface area (Å²) in [6.45, 7) is 4.19. The first-order valence-corrected chi connectivity index (χ1v) is 15.2. The van der Waals surface area contributed by atoms with Crippen molar-refractivity contribution in [1.82, 2.24) is 4.98 Å². The number of carbonyl (C=O) groups excluding carboxylic acids is 1. The minimum absolute atomic E-state index is 0.0489. The first kappa shape index (κ1) is 24.2. The van der Waals surface area contributed by atoms with Crippen LogP contribution in [0.15, 0.2) is 53.4 Å². The van der Waals surface area contributed by atoms with Gasteiger partial charge in [-0.2, -0.15) is 0 Å². The topological polar surface area (TPSA) is 76.1 Å². The molecule has 8 heteroatoms. The zero-order valence-electron chi connectivity index (χ0n) is 19.8. The van der Waals surface area contributed by atoms with Gasteiger partial charge in [0.05, 0.1) is 20.9 Å². The number of carbonyl (C=O) groups is 1. The van der Waals surface area contributed by atoms with Crippen molar-refractivity contribution >= 4 is 53.6 Å². The lowest BCUT2D eigenvalue weighted by Crippen LogP contribution is -2.14. The fraction of sp³-hybridized carbons (Fsp3) is 0.333. The summed E-state index contributed by atoms with van der Waals surface area (Å²) in [7, 11) is -3.41. The highest BCUT2D eigenvalue weighted by atomic mass is 32.2. The number of sulfone groups is 1. The molecule has 1 unspecified atom stereocenters. The van der Waals surface area contributed by atoms with Crippen LogP contribution >= 0.6 is 22.7 Å². The molecule has 1 N–H and O–H groups in total. The van der Waals surface area contributed by atoms with Crippen molar-refractivity contribution in [2.75, 3.05) is 11.1 Å². The molecule has 1 amide bonds. The molecule has 2 heterocycles. The standard InChI is InChI=1S/C27H28N2O3S3/c1-17-9-12-19(13-10-17)35(31,32)15-5-8-24(30)29-27-25(20-14-11-18(2)16-23(20)34-27)26-28-21-6-3-4-7-22(21)33-26/h3-4,6-7,9-10,12-13,18H,5,8,11,14-16H2,1-2H3,(H,29,30). The van der Waals surface area contributed by atoms with Gasteiger partial charge in [0.1, 0.15) is 10.0 Å². The zero-order chi connectivity index (χ0) is 24.6. The first-order valence-electron chi connectivity index (χ1n) is 11.9. The van der Waals surface area contributed by atoms with Crippen molar-refractivity contribution in [1.29, 1.82) is 0 Å². The molecule has 2 aromatic heterocycles. The first-order chi connectivity index (χ1) is 16.8. The van der Waals surface area contributed by atoms with E-state index in [0.29, 0.717) is 10.8 Å². The van der Waals surface area contributed by atoms with Crippen molar-refractivity contribution in [3.8, 4) is 10.6 Å². The maximum atomic E-state index is 12.9. The van der Waals surface area contributed by atoms with Gasteiger partial charge in [-0.15, -0.1) is 22.7 Å². The Morgan fingerprint density at radius 2 is 1.89 bits per heavy atom. The molecular formula is C27H28N2O3S3. The zero-order valence-corrected chi connectivity index (χ0v) is 22.3. The van der Waals surface area contributed by atoms with Gasteiger partial charge < -0.3 is 5.32 Å². The number of nitrogens with zero attached hydrogens (tertiary/aromatic N) is 1. The van der Waals surface area contributed by atoms with Gasteiger partial charge in [0.15, 0.2) is 9.84 Å². The smallest absolute Gasteiger partial charge is 0.225 e. The molecule has 0 aliphatic heterocycles. The summed E-state index contributed by atoms with van der Waals surface area (Å²) in [5, 5.41) is 4.89. The van der Waals surface area contributed by atoms with Gasteiger partial charge in [-0.1, -0.05) is 36.8 Å². The maximum absolute atomic E-state index is 12.9. The number of nitrogens with one attached hydrogen (secondary N) is 1. The second kappa shape index (κ2) is 9.84. The van der Waals surface area contributed by atoms with Crippen molar-refractivity contribution in [2.45, 2.75) is 50.8 Å². The van der Waals surface area contributed by atoms with Crippen LogP contribution in [0.2, 0.25) is 0 Å². The average molecular weight is 525 g/mol. The number of thiophene rings is 1. The van der Waals surface area contributed by atoms with E-state index in [-0.39, 0.29) is 24.5 Å². The third-order valence-corrected chi connectivity index (χ3v) is 10.5. The number of aromatic nitrogens is 1. The van der Waals surface area contributed by atoms with Crippen LogP contribution in [0.4, 0.5) is 5.00 Å². The lowest BCUT2D eigenvalue weighted by Gasteiger charge is -2.18. The summed E-state index contributed by atoms with van der Waals surface area (Å²) < 4.78 is 26.4. The number of hydrogen-bond donors (Lipinski definition) is 1. The predicted octanol–water partition coefficient (Wildman–Crippen LogP) is 6.65. The number of rotatable bonds is 7. The van der Waals surface area contributed by atoms with Gasteiger partial charge in [-0.3, -0.25) is 4.79 Å². The van der Waals surface area contributed by atoms with E-state index in [4.69, 9.17) is 4.98 Å². The van der Waals surface area contributed by atoms with Crippen molar-refractivity contribution in [3.05, 3.63) is 64.5 Å². The summed E-state index contributed by atoms with van der Waals surface area (Å²) >= 11 is 3.31. The minimum Gasteiger partial charge on any atom is -0.317 e. The molecular weight excluding hydrogens is 497 g/mol. The average Bonchev–Trinajstić information content (AvgIpc) is 3.39. The summed E-state index contributed by atoms with van der Waals surface area (Å²) in [5.74, 6) is 0.421. The summed E-state index contributed by atoms with van der Waals surface area (Å²) in [6, 6.07) is 14.9.